The zero-order valence-corrected chi connectivity index (χ0v) is 14.1. The zero-order chi connectivity index (χ0) is 15.1. The quantitative estimate of drug-likeness (QED) is 0.874. The molecule has 4 nitrogen and oxygen atoms in total. The maximum Gasteiger partial charge on any atom is 0.236 e. The Morgan fingerprint density at radius 3 is 2.45 bits per heavy atom. The minimum Gasteiger partial charge on any atom is -0.494 e. The number of hydrogen-bond acceptors (Lipinski definition) is 3. The molecule has 1 aromatic carbocycles. The number of rotatable bonds is 6. The number of nitrogens with two attached hydrogens (primary N) is 1. The smallest absolute Gasteiger partial charge is 0.236 e. The first-order valence-corrected chi connectivity index (χ1v) is 7.92. The van der Waals surface area contributed by atoms with Gasteiger partial charge in [-0.15, -0.1) is 12.4 Å². The van der Waals surface area contributed by atoms with Crippen LogP contribution in [0.25, 0.3) is 0 Å². The predicted molar refractivity (Wildman–Crippen MR) is 91.5 cm³/mol. The highest BCUT2D eigenvalue weighted by atomic mass is 35.5. The summed E-state index contributed by atoms with van der Waals surface area (Å²) >= 11 is 0. The monoisotopic (exact) mass is 326 g/mol. The van der Waals surface area contributed by atoms with Gasteiger partial charge in [-0.3, -0.25) is 4.79 Å². The van der Waals surface area contributed by atoms with Crippen LogP contribution in [0.2, 0.25) is 0 Å². The maximum atomic E-state index is 11.5. The molecule has 0 unspecified atom stereocenters. The first-order chi connectivity index (χ1) is 10.2. The van der Waals surface area contributed by atoms with Gasteiger partial charge in [-0.25, -0.2) is 0 Å². The van der Waals surface area contributed by atoms with Crippen molar-refractivity contribution in [1.82, 2.24) is 4.90 Å². The van der Waals surface area contributed by atoms with Crippen molar-refractivity contribution < 1.29 is 9.53 Å². The van der Waals surface area contributed by atoms with Crippen LogP contribution in [0.15, 0.2) is 24.3 Å². The number of likely N-dealkylation sites (tertiary alicyclic amines) is 1. The second kappa shape index (κ2) is 9.70. The first kappa shape index (κ1) is 18.8. The molecule has 1 amide bonds. The number of piperidine rings is 1. The van der Waals surface area contributed by atoms with Gasteiger partial charge >= 0.3 is 0 Å². The van der Waals surface area contributed by atoms with Crippen molar-refractivity contribution in [2.24, 2.45) is 11.7 Å². The summed E-state index contributed by atoms with van der Waals surface area (Å²) in [6.45, 7) is 4.57. The zero-order valence-electron chi connectivity index (χ0n) is 13.3. The van der Waals surface area contributed by atoms with E-state index in [0.29, 0.717) is 6.61 Å². The Hall–Kier alpha value is -1.26. The summed E-state index contributed by atoms with van der Waals surface area (Å²) in [7, 11) is 0. The molecule has 1 heterocycles. The Bertz CT molecular complexity index is 442. The van der Waals surface area contributed by atoms with Crippen molar-refractivity contribution in [2.45, 2.75) is 32.6 Å². The van der Waals surface area contributed by atoms with Crippen molar-refractivity contribution in [3.63, 3.8) is 0 Å². The number of hydrogen-bond donors (Lipinski definition) is 1. The summed E-state index contributed by atoms with van der Waals surface area (Å²) < 4.78 is 5.45. The lowest BCUT2D eigenvalue weighted by Crippen LogP contribution is -2.41. The standard InChI is InChI=1S/C17H26N2O2.ClH/c1-2-21-16-7-5-14(6-8-16)3-4-15-9-11-19(12-10-15)17(20)13-18;/h5-8,15H,2-4,9-13,18H2,1H3;1H. The van der Waals surface area contributed by atoms with E-state index in [9.17, 15) is 4.79 Å². The first-order valence-electron chi connectivity index (χ1n) is 7.92. The summed E-state index contributed by atoms with van der Waals surface area (Å²) in [4.78, 5) is 13.4. The molecule has 1 fully saturated rings. The third-order valence-electron chi connectivity index (χ3n) is 4.22. The van der Waals surface area contributed by atoms with Crippen molar-refractivity contribution in [2.75, 3.05) is 26.2 Å². The second-order valence-electron chi connectivity index (χ2n) is 5.64. The molecule has 0 saturated carbocycles. The molecule has 0 aliphatic carbocycles. The molecule has 0 bridgehead atoms. The van der Waals surface area contributed by atoms with Crippen LogP contribution in [-0.2, 0) is 11.2 Å². The topological polar surface area (TPSA) is 55.6 Å². The molecule has 1 aliphatic heterocycles. The third kappa shape index (κ3) is 5.50. The average molecular weight is 327 g/mol. The van der Waals surface area contributed by atoms with Gasteiger partial charge in [0.15, 0.2) is 0 Å². The molecule has 1 aliphatic rings. The van der Waals surface area contributed by atoms with Crippen LogP contribution in [0.4, 0.5) is 0 Å². The molecule has 2 N–H and O–H groups in total. The highest BCUT2D eigenvalue weighted by Gasteiger charge is 2.21. The molecule has 2 rings (SSSR count). The van der Waals surface area contributed by atoms with E-state index in [1.807, 2.05) is 24.0 Å². The number of amides is 1. The van der Waals surface area contributed by atoms with Crippen molar-refractivity contribution in [3.05, 3.63) is 29.8 Å². The number of halogens is 1. The Morgan fingerprint density at radius 2 is 1.91 bits per heavy atom. The predicted octanol–water partition coefficient (Wildman–Crippen LogP) is 2.64. The fraction of sp³-hybridized carbons (Fsp3) is 0.588. The lowest BCUT2D eigenvalue weighted by atomic mass is 9.90. The molecule has 124 valence electrons. The van der Waals surface area contributed by atoms with Crippen LogP contribution in [0, 0.1) is 5.92 Å². The van der Waals surface area contributed by atoms with Crippen LogP contribution in [0.3, 0.4) is 0 Å². The molecule has 0 aromatic heterocycles. The van der Waals surface area contributed by atoms with E-state index in [1.165, 1.54) is 12.0 Å². The largest absolute Gasteiger partial charge is 0.494 e. The van der Waals surface area contributed by atoms with Gasteiger partial charge in [-0.2, -0.15) is 0 Å². The molecule has 1 aromatic rings. The van der Waals surface area contributed by atoms with Gasteiger partial charge in [-0.05, 0) is 56.2 Å². The minimum absolute atomic E-state index is 0. The van der Waals surface area contributed by atoms with E-state index in [0.717, 1.165) is 44.0 Å². The van der Waals surface area contributed by atoms with E-state index in [2.05, 4.69) is 12.1 Å². The highest BCUT2D eigenvalue weighted by molar-refractivity contribution is 5.85. The SMILES string of the molecule is CCOc1ccc(CCC2CCN(C(=O)CN)CC2)cc1.Cl. The lowest BCUT2D eigenvalue weighted by molar-refractivity contribution is -0.131. The molecule has 22 heavy (non-hydrogen) atoms. The second-order valence-corrected chi connectivity index (χ2v) is 5.64. The lowest BCUT2D eigenvalue weighted by Gasteiger charge is -2.31. The van der Waals surface area contributed by atoms with Crippen LogP contribution in [0.1, 0.15) is 31.7 Å². The number of nitrogens with zero attached hydrogens (tertiary/aromatic N) is 1. The van der Waals surface area contributed by atoms with Gasteiger partial charge in [-0.1, -0.05) is 12.1 Å². The molecular formula is C17H27ClN2O2. The van der Waals surface area contributed by atoms with E-state index in [-0.39, 0.29) is 24.9 Å². The van der Waals surface area contributed by atoms with Crippen LogP contribution in [0.5, 0.6) is 5.75 Å². The molecule has 0 atom stereocenters. The Morgan fingerprint density at radius 1 is 1.27 bits per heavy atom. The Labute approximate surface area is 139 Å². The van der Waals surface area contributed by atoms with Gasteiger partial charge in [0.1, 0.15) is 5.75 Å². The van der Waals surface area contributed by atoms with Gasteiger partial charge in [0, 0.05) is 13.1 Å². The van der Waals surface area contributed by atoms with Gasteiger partial charge in [0.2, 0.25) is 5.91 Å². The van der Waals surface area contributed by atoms with Crippen LogP contribution < -0.4 is 10.5 Å². The van der Waals surface area contributed by atoms with Gasteiger partial charge < -0.3 is 15.4 Å². The van der Waals surface area contributed by atoms with Crippen LogP contribution >= 0.6 is 12.4 Å². The van der Waals surface area contributed by atoms with E-state index >= 15 is 0 Å². The molecule has 0 radical (unpaired) electrons. The molecule has 1 saturated heterocycles. The summed E-state index contributed by atoms with van der Waals surface area (Å²) in [5.74, 6) is 1.74. The maximum absolute atomic E-state index is 11.5. The van der Waals surface area contributed by atoms with Crippen molar-refractivity contribution in [3.8, 4) is 5.75 Å². The Kier molecular flexibility index (Phi) is 8.28. The van der Waals surface area contributed by atoms with E-state index in [4.69, 9.17) is 10.5 Å². The third-order valence-corrected chi connectivity index (χ3v) is 4.22. The van der Waals surface area contributed by atoms with Gasteiger partial charge in [0.05, 0.1) is 13.2 Å². The number of carbonyl (C=O) groups excluding carboxylic acids is 1. The number of benzene rings is 1. The molecule has 5 heteroatoms. The molecule has 0 spiro atoms. The summed E-state index contributed by atoms with van der Waals surface area (Å²) in [6.07, 6.45) is 4.49. The summed E-state index contributed by atoms with van der Waals surface area (Å²) in [5.41, 5.74) is 6.76. The minimum atomic E-state index is 0. The van der Waals surface area contributed by atoms with Crippen molar-refractivity contribution in [1.29, 1.82) is 0 Å². The normalized spacial score (nSPS) is 15.3. The summed E-state index contributed by atoms with van der Waals surface area (Å²) in [5, 5.41) is 0. The fourth-order valence-corrected chi connectivity index (χ4v) is 2.89. The van der Waals surface area contributed by atoms with E-state index < -0.39 is 0 Å². The number of aryl methyl sites for hydroxylation is 1. The summed E-state index contributed by atoms with van der Waals surface area (Å²) in [6, 6.07) is 8.39. The van der Waals surface area contributed by atoms with Gasteiger partial charge in [0.25, 0.3) is 0 Å². The highest BCUT2D eigenvalue weighted by Crippen LogP contribution is 2.23. The van der Waals surface area contributed by atoms with Crippen molar-refractivity contribution >= 4 is 18.3 Å². The molecular weight excluding hydrogens is 300 g/mol. The van der Waals surface area contributed by atoms with Crippen LogP contribution in [-0.4, -0.2) is 37.0 Å². The number of ether oxygens (including phenoxy) is 1. The Balaban J connectivity index is 0.00000242. The number of carbonyl (C=O) groups is 1. The fourth-order valence-electron chi connectivity index (χ4n) is 2.89. The van der Waals surface area contributed by atoms with E-state index in [1.54, 1.807) is 0 Å². The average Bonchev–Trinajstić information content (AvgIpc) is 2.54.